The highest BCUT2D eigenvalue weighted by molar-refractivity contribution is 5.94. The summed E-state index contributed by atoms with van der Waals surface area (Å²) in [6.07, 6.45) is 5.86. The van der Waals surface area contributed by atoms with Gasteiger partial charge in [-0.25, -0.2) is 9.59 Å². The number of hydrogen-bond donors (Lipinski definition) is 2. The predicted octanol–water partition coefficient (Wildman–Crippen LogP) is 2.62. The fourth-order valence-corrected chi connectivity index (χ4v) is 1.90. The summed E-state index contributed by atoms with van der Waals surface area (Å²) in [6, 6.07) is 0. The number of ether oxygens (including phenoxy) is 1. The van der Waals surface area contributed by atoms with Gasteiger partial charge in [0.05, 0.1) is 6.42 Å². The fourth-order valence-electron chi connectivity index (χ4n) is 1.90. The van der Waals surface area contributed by atoms with Crippen molar-refractivity contribution in [3.05, 3.63) is 11.6 Å². The van der Waals surface area contributed by atoms with E-state index in [4.69, 9.17) is 10.2 Å². The number of allylic oxidation sites excluding steroid dienone is 1. The predicted molar refractivity (Wildman–Crippen MR) is 76.9 cm³/mol. The van der Waals surface area contributed by atoms with Crippen LogP contribution in [-0.4, -0.2) is 34.7 Å². The maximum absolute atomic E-state index is 11.7. The number of carbonyl (C=O) groups is 3. The van der Waals surface area contributed by atoms with Crippen LogP contribution in [0, 0.1) is 5.92 Å². The summed E-state index contributed by atoms with van der Waals surface area (Å²) in [7, 11) is 0. The molecule has 0 aromatic rings. The normalized spacial score (nSPS) is 12.8. The van der Waals surface area contributed by atoms with Gasteiger partial charge in [-0.3, -0.25) is 4.79 Å². The van der Waals surface area contributed by atoms with E-state index in [2.05, 4.69) is 11.7 Å². The molecule has 1 atom stereocenters. The summed E-state index contributed by atoms with van der Waals surface area (Å²) < 4.78 is 4.54. The van der Waals surface area contributed by atoms with Crippen molar-refractivity contribution in [2.24, 2.45) is 5.92 Å². The Kier molecular flexibility index (Phi) is 9.92. The van der Waals surface area contributed by atoms with Crippen molar-refractivity contribution in [1.29, 1.82) is 0 Å². The minimum atomic E-state index is -1.27. The van der Waals surface area contributed by atoms with E-state index in [0.29, 0.717) is 12.3 Å². The molecule has 21 heavy (non-hydrogen) atoms. The molecule has 0 aliphatic heterocycles. The lowest BCUT2D eigenvalue weighted by Gasteiger charge is -2.12. The first-order valence-electron chi connectivity index (χ1n) is 7.20. The van der Waals surface area contributed by atoms with Crippen molar-refractivity contribution in [3.63, 3.8) is 0 Å². The highest BCUT2D eigenvalue weighted by Gasteiger charge is 2.16. The summed E-state index contributed by atoms with van der Waals surface area (Å²) in [5.41, 5.74) is 0.0127. The van der Waals surface area contributed by atoms with Crippen LogP contribution in [0.1, 0.15) is 52.4 Å². The van der Waals surface area contributed by atoms with E-state index >= 15 is 0 Å². The molecule has 0 aliphatic rings. The second-order valence-corrected chi connectivity index (χ2v) is 4.92. The molecule has 6 heteroatoms. The van der Waals surface area contributed by atoms with Gasteiger partial charge in [0.1, 0.15) is 0 Å². The van der Waals surface area contributed by atoms with E-state index in [0.717, 1.165) is 25.7 Å². The Balaban J connectivity index is 4.70. The molecule has 1 unspecified atom stereocenters. The first kappa shape index (κ1) is 19.1. The van der Waals surface area contributed by atoms with Gasteiger partial charge in [-0.05, 0) is 12.3 Å². The lowest BCUT2D eigenvalue weighted by atomic mass is 9.94. The number of hydrogen-bond acceptors (Lipinski definition) is 4. The lowest BCUT2D eigenvalue weighted by Crippen LogP contribution is -2.16. The number of rotatable bonds is 11. The van der Waals surface area contributed by atoms with Crippen molar-refractivity contribution in [2.75, 3.05) is 6.61 Å². The summed E-state index contributed by atoms with van der Waals surface area (Å²) in [6.45, 7) is 3.39. The maximum Gasteiger partial charge on any atom is 0.341 e. The maximum atomic E-state index is 11.7. The highest BCUT2D eigenvalue weighted by Crippen LogP contribution is 2.19. The van der Waals surface area contributed by atoms with Crippen molar-refractivity contribution >= 4 is 17.9 Å². The molecule has 0 aliphatic carbocycles. The molecular formula is C15H24O6. The highest BCUT2D eigenvalue weighted by atomic mass is 16.5. The number of carboxylic acids is 2. The molecule has 0 saturated heterocycles. The number of unbranched alkanes of at least 4 members (excludes halogenated alkanes) is 1. The zero-order chi connectivity index (χ0) is 16.3. The third-order valence-corrected chi connectivity index (χ3v) is 3.17. The summed E-state index contributed by atoms with van der Waals surface area (Å²) >= 11 is 0. The van der Waals surface area contributed by atoms with Gasteiger partial charge in [0, 0.05) is 5.57 Å². The largest absolute Gasteiger partial charge is 0.481 e. The van der Waals surface area contributed by atoms with Gasteiger partial charge < -0.3 is 14.9 Å². The fraction of sp³-hybridized carbons (Fsp3) is 0.667. The minimum absolute atomic E-state index is 0.0127. The molecule has 120 valence electrons. The average Bonchev–Trinajstić information content (AvgIpc) is 2.43. The zero-order valence-electron chi connectivity index (χ0n) is 12.6. The minimum Gasteiger partial charge on any atom is -0.481 e. The van der Waals surface area contributed by atoms with E-state index < -0.39 is 30.9 Å². The van der Waals surface area contributed by atoms with Crippen LogP contribution in [0.4, 0.5) is 0 Å². The molecule has 6 nitrogen and oxygen atoms in total. The Hall–Kier alpha value is -1.85. The Bertz CT molecular complexity index is 386. The second kappa shape index (κ2) is 10.9. The van der Waals surface area contributed by atoms with Crippen molar-refractivity contribution in [3.8, 4) is 0 Å². The molecule has 0 aromatic carbocycles. The van der Waals surface area contributed by atoms with Crippen LogP contribution in [0.3, 0.4) is 0 Å². The van der Waals surface area contributed by atoms with E-state index in [1.807, 2.05) is 6.92 Å². The summed E-state index contributed by atoms with van der Waals surface area (Å²) in [5.74, 6) is -2.89. The number of carbonyl (C=O) groups excluding carboxylic acids is 1. The molecule has 0 rings (SSSR count). The van der Waals surface area contributed by atoms with Gasteiger partial charge in [0.25, 0.3) is 0 Å². The molecule has 0 fully saturated rings. The average molecular weight is 300 g/mol. The molecule has 0 spiro atoms. The summed E-state index contributed by atoms with van der Waals surface area (Å²) in [5, 5.41) is 17.3. The van der Waals surface area contributed by atoms with Crippen LogP contribution in [0.5, 0.6) is 0 Å². The van der Waals surface area contributed by atoms with E-state index in [-0.39, 0.29) is 5.57 Å². The van der Waals surface area contributed by atoms with E-state index in [9.17, 15) is 14.4 Å². The SMILES string of the molecule is CCCCC(CC)CC=C(CC(=O)O)C(=O)OCC(=O)O. The first-order valence-corrected chi connectivity index (χ1v) is 7.20. The van der Waals surface area contributed by atoms with Crippen molar-refractivity contribution < 1.29 is 29.3 Å². The molecule has 0 radical (unpaired) electrons. The number of carboxylic acid groups (broad SMARTS) is 2. The number of aliphatic carboxylic acids is 2. The smallest absolute Gasteiger partial charge is 0.341 e. The molecule has 0 amide bonds. The Morgan fingerprint density at radius 3 is 2.29 bits per heavy atom. The Labute approximate surface area is 124 Å². The lowest BCUT2D eigenvalue weighted by molar-refractivity contribution is -0.153. The molecule has 0 bridgehead atoms. The number of esters is 1. The third kappa shape index (κ3) is 9.65. The zero-order valence-corrected chi connectivity index (χ0v) is 12.6. The van der Waals surface area contributed by atoms with Gasteiger partial charge in [-0.1, -0.05) is 45.6 Å². The second-order valence-electron chi connectivity index (χ2n) is 4.92. The first-order chi connectivity index (χ1) is 9.90. The molecule has 2 N–H and O–H groups in total. The van der Waals surface area contributed by atoms with Crippen LogP contribution in [0.2, 0.25) is 0 Å². The van der Waals surface area contributed by atoms with Gasteiger partial charge in [-0.15, -0.1) is 0 Å². The monoisotopic (exact) mass is 300 g/mol. The standard InChI is InChI=1S/C15H24O6/c1-3-5-6-11(4-2)7-8-12(9-13(16)17)15(20)21-10-14(18)19/h8,11H,3-7,9-10H2,1-2H3,(H,16,17)(H,18,19). The quantitative estimate of drug-likeness (QED) is 0.449. The molecule has 0 heterocycles. The Morgan fingerprint density at radius 2 is 1.81 bits per heavy atom. The molecular weight excluding hydrogens is 276 g/mol. The van der Waals surface area contributed by atoms with Crippen LogP contribution in [0.15, 0.2) is 11.6 Å². The topological polar surface area (TPSA) is 101 Å². The van der Waals surface area contributed by atoms with Gasteiger partial charge >= 0.3 is 17.9 Å². The van der Waals surface area contributed by atoms with E-state index in [1.54, 1.807) is 6.08 Å². The Morgan fingerprint density at radius 1 is 1.14 bits per heavy atom. The van der Waals surface area contributed by atoms with Crippen LogP contribution >= 0.6 is 0 Å². The van der Waals surface area contributed by atoms with E-state index in [1.165, 1.54) is 0 Å². The molecule has 0 saturated carbocycles. The van der Waals surface area contributed by atoms with Crippen LogP contribution in [-0.2, 0) is 19.1 Å². The van der Waals surface area contributed by atoms with Gasteiger partial charge in [0.15, 0.2) is 6.61 Å². The van der Waals surface area contributed by atoms with Crippen molar-refractivity contribution in [2.45, 2.75) is 52.4 Å². The van der Waals surface area contributed by atoms with Crippen molar-refractivity contribution in [1.82, 2.24) is 0 Å². The van der Waals surface area contributed by atoms with Crippen LogP contribution < -0.4 is 0 Å². The van der Waals surface area contributed by atoms with Gasteiger partial charge in [0.2, 0.25) is 0 Å². The molecule has 0 aromatic heterocycles. The van der Waals surface area contributed by atoms with Gasteiger partial charge in [-0.2, -0.15) is 0 Å². The van der Waals surface area contributed by atoms with Crippen LogP contribution in [0.25, 0.3) is 0 Å². The third-order valence-electron chi connectivity index (χ3n) is 3.17. The summed E-state index contributed by atoms with van der Waals surface area (Å²) in [4.78, 5) is 32.8.